The van der Waals surface area contributed by atoms with Gasteiger partial charge in [-0.1, -0.05) is 47.5 Å². The van der Waals surface area contributed by atoms with E-state index in [2.05, 4.69) is 5.48 Å². The fourth-order valence-corrected chi connectivity index (χ4v) is 4.71. The summed E-state index contributed by atoms with van der Waals surface area (Å²) in [6.07, 6.45) is -2.13. The van der Waals surface area contributed by atoms with Gasteiger partial charge in [0.1, 0.15) is 0 Å². The second-order valence-corrected chi connectivity index (χ2v) is 9.48. The average Bonchev–Trinajstić information content (AvgIpc) is 3.18. The number of halogens is 6. The molecular weight excluding hydrogens is 503 g/mol. The average molecular weight is 521 g/mol. The van der Waals surface area contributed by atoms with Crippen molar-refractivity contribution < 1.29 is 27.2 Å². The summed E-state index contributed by atoms with van der Waals surface area (Å²) >= 11 is 12.9. The third kappa shape index (κ3) is 4.43. The largest absolute Gasteiger partial charge is 0.428 e. The molecule has 0 spiro atoms. The van der Waals surface area contributed by atoms with Gasteiger partial charge in [-0.05, 0) is 35.6 Å². The molecule has 2 aromatic carbocycles. The number of alkyl halides is 3. The number of benzene rings is 2. The third-order valence-corrected chi connectivity index (χ3v) is 6.78. The minimum atomic E-state index is -4.88. The number of carbonyl (C=O) groups excluding carboxylic acids is 1. The van der Waals surface area contributed by atoms with Crippen LogP contribution in [0.2, 0.25) is 10.0 Å². The molecule has 4 nitrogen and oxygen atoms in total. The van der Waals surface area contributed by atoms with Crippen molar-refractivity contribution >= 4 is 46.6 Å². The van der Waals surface area contributed by atoms with Crippen molar-refractivity contribution in [3.8, 4) is 0 Å². The topological polar surface area (TPSA) is 41.6 Å². The van der Waals surface area contributed by atoms with Gasteiger partial charge in [0.25, 0.3) is 0 Å². The monoisotopic (exact) mass is 520 g/mol. The SMILES string of the molecule is CSCC(=O)N1CC(c2ccc(C3=CC(c4cc(Cl)c(F)c(Cl)c4)(C(F)(F)F)ON3)cc2)C1. The van der Waals surface area contributed by atoms with Crippen LogP contribution in [0.25, 0.3) is 5.70 Å². The molecule has 1 saturated heterocycles. The Hall–Kier alpha value is -1.94. The molecule has 0 aliphatic carbocycles. The maximum atomic E-state index is 14.1. The Morgan fingerprint density at radius 3 is 2.36 bits per heavy atom. The number of carbonyl (C=O) groups is 1. The summed E-state index contributed by atoms with van der Waals surface area (Å²) in [6, 6.07) is 8.69. The number of nitrogens with one attached hydrogen (secondary N) is 1. The second kappa shape index (κ2) is 9.02. The highest BCUT2D eigenvalue weighted by Gasteiger charge is 2.59. The molecule has 4 rings (SSSR count). The first-order valence-electron chi connectivity index (χ1n) is 9.81. The van der Waals surface area contributed by atoms with Crippen LogP contribution in [-0.4, -0.2) is 42.1 Å². The molecular formula is C22H18Cl2F4N2O2S. The number of amides is 1. The number of thioether (sulfide) groups is 1. The second-order valence-electron chi connectivity index (χ2n) is 7.80. The first kappa shape index (κ1) is 24.2. The first-order valence-corrected chi connectivity index (χ1v) is 12.0. The number of hydrogen-bond donors (Lipinski definition) is 1. The smallest absolute Gasteiger partial charge is 0.341 e. The Morgan fingerprint density at radius 1 is 1.21 bits per heavy atom. The Kier molecular flexibility index (Phi) is 6.61. The molecule has 176 valence electrons. The van der Waals surface area contributed by atoms with Gasteiger partial charge < -0.3 is 4.90 Å². The standard InChI is InChI=1S/C22H18Cl2F4N2O2S/c1-33-11-19(31)30-9-14(10-30)12-2-4-13(5-3-12)18-8-21(32-29-18,22(26,27)28)15-6-16(23)20(25)17(24)7-15/h2-8,14,29H,9-11H2,1H3. The van der Waals surface area contributed by atoms with E-state index in [0.29, 0.717) is 24.4 Å². The van der Waals surface area contributed by atoms with E-state index in [-0.39, 0.29) is 17.5 Å². The predicted molar refractivity (Wildman–Crippen MR) is 120 cm³/mol. The highest BCUT2D eigenvalue weighted by Crippen LogP contribution is 2.48. The van der Waals surface area contributed by atoms with Crippen LogP contribution in [0.3, 0.4) is 0 Å². The summed E-state index contributed by atoms with van der Waals surface area (Å²) in [5.74, 6) is -0.284. The number of hydroxylamine groups is 1. The Morgan fingerprint density at radius 2 is 1.82 bits per heavy atom. The summed E-state index contributed by atoms with van der Waals surface area (Å²) in [7, 11) is 0. The van der Waals surface area contributed by atoms with Gasteiger partial charge in [0, 0.05) is 24.6 Å². The number of rotatable bonds is 5. The van der Waals surface area contributed by atoms with Gasteiger partial charge in [-0.25, -0.2) is 4.39 Å². The highest BCUT2D eigenvalue weighted by atomic mass is 35.5. The molecule has 1 amide bonds. The van der Waals surface area contributed by atoms with Crippen molar-refractivity contribution in [3.05, 3.63) is 75.0 Å². The number of likely N-dealkylation sites (tertiary alicyclic amines) is 1. The summed E-state index contributed by atoms with van der Waals surface area (Å²) in [4.78, 5) is 18.7. The molecule has 1 unspecified atom stereocenters. The van der Waals surface area contributed by atoms with Gasteiger partial charge in [-0.3, -0.25) is 15.1 Å². The van der Waals surface area contributed by atoms with Crippen molar-refractivity contribution in [3.63, 3.8) is 0 Å². The van der Waals surface area contributed by atoms with Gasteiger partial charge >= 0.3 is 6.18 Å². The van der Waals surface area contributed by atoms with Crippen LogP contribution in [0, 0.1) is 5.82 Å². The highest BCUT2D eigenvalue weighted by molar-refractivity contribution is 7.99. The van der Waals surface area contributed by atoms with Crippen LogP contribution < -0.4 is 5.48 Å². The molecule has 11 heteroatoms. The predicted octanol–water partition coefficient (Wildman–Crippen LogP) is 5.75. The lowest BCUT2D eigenvalue weighted by Crippen LogP contribution is -2.49. The fraction of sp³-hybridized carbons (Fsp3) is 0.318. The van der Waals surface area contributed by atoms with E-state index in [1.165, 1.54) is 11.8 Å². The number of hydrogen-bond acceptors (Lipinski definition) is 4. The van der Waals surface area contributed by atoms with Crippen molar-refractivity contribution in [1.82, 2.24) is 10.4 Å². The molecule has 1 N–H and O–H groups in total. The van der Waals surface area contributed by atoms with E-state index in [1.807, 2.05) is 18.4 Å². The van der Waals surface area contributed by atoms with Crippen LogP contribution in [0.1, 0.15) is 22.6 Å². The van der Waals surface area contributed by atoms with E-state index < -0.39 is 33.2 Å². The van der Waals surface area contributed by atoms with E-state index in [1.54, 1.807) is 17.0 Å². The zero-order valence-electron chi connectivity index (χ0n) is 17.2. The van der Waals surface area contributed by atoms with Gasteiger partial charge in [-0.15, -0.1) is 0 Å². The Bertz CT molecular complexity index is 1080. The van der Waals surface area contributed by atoms with Gasteiger partial charge in [0.15, 0.2) is 5.82 Å². The van der Waals surface area contributed by atoms with Crippen molar-refractivity contribution in [2.75, 3.05) is 25.1 Å². The normalized spacial score (nSPS) is 20.9. The van der Waals surface area contributed by atoms with Gasteiger partial charge in [0.05, 0.1) is 21.5 Å². The zero-order valence-corrected chi connectivity index (χ0v) is 19.5. The van der Waals surface area contributed by atoms with E-state index in [4.69, 9.17) is 28.0 Å². The lowest BCUT2D eigenvalue weighted by Gasteiger charge is -2.39. The minimum absolute atomic E-state index is 0.0947. The van der Waals surface area contributed by atoms with Crippen LogP contribution in [-0.2, 0) is 15.2 Å². The zero-order chi connectivity index (χ0) is 24.0. The molecule has 2 aliphatic rings. The third-order valence-electron chi connectivity index (χ3n) is 5.70. The van der Waals surface area contributed by atoms with Crippen LogP contribution >= 0.6 is 35.0 Å². The van der Waals surface area contributed by atoms with Crippen molar-refractivity contribution in [2.24, 2.45) is 0 Å². The van der Waals surface area contributed by atoms with Crippen LogP contribution in [0.15, 0.2) is 42.5 Å². The Labute approximate surface area is 201 Å². The van der Waals surface area contributed by atoms with Gasteiger partial charge in [0.2, 0.25) is 11.5 Å². The minimum Gasteiger partial charge on any atom is -0.341 e. The quantitative estimate of drug-likeness (QED) is 0.402. The molecule has 2 aliphatic heterocycles. The fourth-order valence-electron chi connectivity index (χ4n) is 3.80. The lowest BCUT2D eigenvalue weighted by molar-refractivity contribution is -0.269. The summed E-state index contributed by atoms with van der Waals surface area (Å²) in [5, 5.41) is -1.08. The maximum Gasteiger partial charge on any atom is 0.428 e. The van der Waals surface area contributed by atoms with E-state index >= 15 is 0 Å². The molecule has 0 saturated carbocycles. The molecule has 2 aromatic rings. The van der Waals surface area contributed by atoms with Crippen LogP contribution in [0.4, 0.5) is 17.6 Å². The summed E-state index contributed by atoms with van der Waals surface area (Å²) in [5.41, 5.74) is 0.558. The molecule has 1 atom stereocenters. The molecule has 0 bridgehead atoms. The number of nitrogens with zero attached hydrogens (tertiary/aromatic N) is 1. The van der Waals surface area contributed by atoms with Gasteiger partial charge in [-0.2, -0.15) is 24.9 Å². The molecule has 0 aromatic heterocycles. The lowest BCUT2D eigenvalue weighted by atomic mass is 9.89. The first-order chi connectivity index (χ1) is 15.6. The molecule has 33 heavy (non-hydrogen) atoms. The maximum absolute atomic E-state index is 14.1. The molecule has 0 radical (unpaired) electrons. The van der Waals surface area contributed by atoms with Crippen molar-refractivity contribution in [2.45, 2.75) is 17.7 Å². The van der Waals surface area contributed by atoms with Crippen LogP contribution in [0.5, 0.6) is 0 Å². The van der Waals surface area contributed by atoms with Crippen molar-refractivity contribution in [1.29, 1.82) is 0 Å². The molecule has 2 heterocycles. The summed E-state index contributed by atoms with van der Waals surface area (Å²) in [6.45, 7) is 1.23. The Balaban J connectivity index is 1.58. The van der Waals surface area contributed by atoms with E-state index in [9.17, 15) is 22.4 Å². The summed E-state index contributed by atoms with van der Waals surface area (Å²) < 4.78 is 56.1. The van der Waals surface area contributed by atoms with E-state index in [0.717, 1.165) is 23.8 Å². The molecule has 1 fully saturated rings.